The van der Waals surface area contributed by atoms with Crippen LogP contribution in [0.15, 0.2) is 0 Å². The third-order valence-corrected chi connectivity index (χ3v) is 1.82. The molecule has 0 rings (SSSR count). The first-order valence-electron chi connectivity index (χ1n) is 4.96. The number of unbranched alkanes of at least 4 members (excludes halogenated alkanes) is 2. The molecule has 74 valence electrons. The molecule has 12 heavy (non-hydrogen) atoms. The second-order valence-corrected chi connectivity index (χ2v) is 3.47. The fourth-order valence-electron chi connectivity index (χ4n) is 1.18. The molecule has 0 aliphatic rings. The lowest BCUT2D eigenvalue weighted by Gasteiger charge is -2.14. The summed E-state index contributed by atoms with van der Waals surface area (Å²) in [6.07, 6.45) is 4.30. The quantitative estimate of drug-likeness (QED) is 0.600. The molecule has 2 heteroatoms. The SMILES string of the molecule is CCCCCOC(C)CC(C)O. The largest absolute Gasteiger partial charge is 0.393 e. The molecule has 0 saturated heterocycles. The molecule has 2 unspecified atom stereocenters. The first-order valence-corrected chi connectivity index (χ1v) is 4.96. The van der Waals surface area contributed by atoms with Crippen LogP contribution in [0.3, 0.4) is 0 Å². The van der Waals surface area contributed by atoms with E-state index in [2.05, 4.69) is 6.92 Å². The van der Waals surface area contributed by atoms with E-state index < -0.39 is 0 Å². The zero-order chi connectivity index (χ0) is 9.40. The summed E-state index contributed by atoms with van der Waals surface area (Å²) >= 11 is 0. The molecular weight excluding hydrogens is 152 g/mol. The summed E-state index contributed by atoms with van der Waals surface area (Å²) in [5.74, 6) is 0. The highest BCUT2D eigenvalue weighted by Crippen LogP contribution is 2.03. The van der Waals surface area contributed by atoms with Crippen molar-refractivity contribution in [1.29, 1.82) is 0 Å². The van der Waals surface area contributed by atoms with E-state index in [-0.39, 0.29) is 12.2 Å². The zero-order valence-corrected chi connectivity index (χ0v) is 8.55. The van der Waals surface area contributed by atoms with Crippen LogP contribution in [0.4, 0.5) is 0 Å². The van der Waals surface area contributed by atoms with Crippen molar-refractivity contribution in [2.45, 2.75) is 58.7 Å². The molecule has 0 aromatic carbocycles. The van der Waals surface area contributed by atoms with Crippen LogP contribution in [0.5, 0.6) is 0 Å². The smallest absolute Gasteiger partial charge is 0.0571 e. The molecule has 2 atom stereocenters. The van der Waals surface area contributed by atoms with E-state index in [1.54, 1.807) is 6.92 Å². The summed E-state index contributed by atoms with van der Waals surface area (Å²) in [6, 6.07) is 0. The highest BCUT2D eigenvalue weighted by atomic mass is 16.5. The van der Waals surface area contributed by atoms with E-state index in [1.807, 2.05) is 6.92 Å². The fourth-order valence-corrected chi connectivity index (χ4v) is 1.18. The van der Waals surface area contributed by atoms with Gasteiger partial charge in [-0.25, -0.2) is 0 Å². The van der Waals surface area contributed by atoms with Gasteiger partial charge in [-0.05, 0) is 26.7 Å². The molecule has 0 aliphatic heterocycles. The zero-order valence-electron chi connectivity index (χ0n) is 8.55. The van der Waals surface area contributed by atoms with E-state index in [9.17, 15) is 0 Å². The fraction of sp³-hybridized carbons (Fsp3) is 1.00. The number of ether oxygens (including phenoxy) is 1. The maximum Gasteiger partial charge on any atom is 0.0571 e. The molecule has 0 spiro atoms. The Balaban J connectivity index is 3.14. The van der Waals surface area contributed by atoms with Crippen LogP contribution >= 0.6 is 0 Å². The Labute approximate surface area is 75.9 Å². The van der Waals surface area contributed by atoms with Gasteiger partial charge < -0.3 is 9.84 Å². The van der Waals surface area contributed by atoms with Gasteiger partial charge in [0, 0.05) is 6.61 Å². The average molecular weight is 174 g/mol. The maximum atomic E-state index is 9.05. The van der Waals surface area contributed by atoms with Crippen molar-refractivity contribution in [1.82, 2.24) is 0 Å². The molecule has 0 saturated carbocycles. The van der Waals surface area contributed by atoms with Crippen molar-refractivity contribution < 1.29 is 9.84 Å². The van der Waals surface area contributed by atoms with Gasteiger partial charge in [0.25, 0.3) is 0 Å². The minimum atomic E-state index is -0.244. The predicted molar refractivity (Wildman–Crippen MR) is 51.2 cm³/mol. The van der Waals surface area contributed by atoms with Crippen molar-refractivity contribution in [3.8, 4) is 0 Å². The van der Waals surface area contributed by atoms with Gasteiger partial charge in [0.2, 0.25) is 0 Å². The number of rotatable bonds is 7. The van der Waals surface area contributed by atoms with Gasteiger partial charge in [-0.15, -0.1) is 0 Å². The Morgan fingerprint density at radius 2 is 1.92 bits per heavy atom. The molecule has 0 aromatic rings. The molecule has 0 heterocycles. The van der Waals surface area contributed by atoms with Gasteiger partial charge >= 0.3 is 0 Å². The highest BCUT2D eigenvalue weighted by molar-refractivity contribution is 4.55. The molecule has 0 bridgehead atoms. The number of hydrogen-bond donors (Lipinski definition) is 1. The molecule has 0 amide bonds. The number of aliphatic hydroxyl groups is 1. The molecule has 0 aliphatic carbocycles. The molecule has 0 aromatic heterocycles. The average Bonchev–Trinajstić information content (AvgIpc) is 1.97. The van der Waals surface area contributed by atoms with Gasteiger partial charge in [0.15, 0.2) is 0 Å². The van der Waals surface area contributed by atoms with Crippen LogP contribution < -0.4 is 0 Å². The summed E-state index contributed by atoms with van der Waals surface area (Å²) < 4.78 is 5.49. The van der Waals surface area contributed by atoms with Gasteiger partial charge in [-0.2, -0.15) is 0 Å². The van der Waals surface area contributed by atoms with Gasteiger partial charge in [0.1, 0.15) is 0 Å². The van der Waals surface area contributed by atoms with E-state index in [0.29, 0.717) is 0 Å². The van der Waals surface area contributed by atoms with Gasteiger partial charge in [-0.3, -0.25) is 0 Å². The lowest BCUT2D eigenvalue weighted by atomic mass is 10.2. The molecule has 0 radical (unpaired) electrons. The first kappa shape index (κ1) is 11.9. The van der Waals surface area contributed by atoms with E-state index in [0.717, 1.165) is 19.4 Å². The normalized spacial score (nSPS) is 16.0. The Bertz CT molecular complexity index is 91.8. The summed E-state index contributed by atoms with van der Waals surface area (Å²) in [5, 5.41) is 9.05. The summed E-state index contributed by atoms with van der Waals surface area (Å²) in [6.45, 7) is 6.82. The van der Waals surface area contributed by atoms with Gasteiger partial charge in [-0.1, -0.05) is 19.8 Å². The molecule has 0 fully saturated rings. The monoisotopic (exact) mass is 174 g/mol. The van der Waals surface area contributed by atoms with E-state index >= 15 is 0 Å². The topological polar surface area (TPSA) is 29.5 Å². The standard InChI is InChI=1S/C10H22O2/c1-4-5-6-7-12-10(3)8-9(2)11/h9-11H,4-8H2,1-3H3. The Kier molecular flexibility index (Phi) is 7.51. The minimum Gasteiger partial charge on any atom is -0.393 e. The number of aliphatic hydroxyl groups excluding tert-OH is 1. The Morgan fingerprint density at radius 1 is 1.25 bits per heavy atom. The summed E-state index contributed by atoms with van der Waals surface area (Å²) in [5.41, 5.74) is 0. The van der Waals surface area contributed by atoms with Gasteiger partial charge in [0.05, 0.1) is 12.2 Å². The van der Waals surface area contributed by atoms with Crippen LogP contribution in [-0.4, -0.2) is 23.9 Å². The first-order chi connectivity index (χ1) is 5.66. The maximum absolute atomic E-state index is 9.05. The van der Waals surface area contributed by atoms with E-state index in [1.165, 1.54) is 12.8 Å². The Hall–Kier alpha value is -0.0800. The van der Waals surface area contributed by atoms with Crippen molar-refractivity contribution in [2.24, 2.45) is 0 Å². The second-order valence-electron chi connectivity index (χ2n) is 3.47. The predicted octanol–water partition coefficient (Wildman–Crippen LogP) is 2.35. The summed E-state index contributed by atoms with van der Waals surface area (Å²) in [7, 11) is 0. The van der Waals surface area contributed by atoms with Crippen molar-refractivity contribution in [2.75, 3.05) is 6.61 Å². The van der Waals surface area contributed by atoms with Crippen LogP contribution in [-0.2, 0) is 4.74 Å². The minimum absolute atomic E-state index is 0.196. The molecular formula is C10H22O2. The van der Waals surface area contributed by atoms with Crippen molar-refractivity contribution >= 4 is 0 Å². The second kappa shape index (κ2) is 7.56. The van der Waals surface area contributed by atoms with Crippen LogP contribution in [0.2, 0.25) is 0 Å². The lowest BCUT2D eigenvalue weighted by Crippen LogP contribution is -2.15. The van der Waals surface area contributed by atoms with Crippen LogP contribution in [0, 0.1) is 0 Å². The van der Waals surface area contributed by atoms with Crippen molar-refractivity contribution in [3.63, 3.8) is 0 Å². The van der Waals surface area contributed by atoms with Crippen LogP contribution in [0.25, 0.3) is 0 Å². The Morgan fingerprint density at radius 3 is 2.42 bits per heavy atom. The lowest BCUT2D eigenvalue weighted by molar-refractivity contribution is 0.0275. The third kappa shape index (κ3) is 8.02. The number of hydrogen-bond acceptors (Lipinski definition) is 2. The van der Waals surface area contributed by atoms with Crippen molar-refractivity contribution in [3.05, 3.63) is 0 Å². The molecule has 2 nitrogen and oxygen atoms in total. The summed E-state index contributed by atoms with van der Waals surface area (Å²) in [4.78, 5) is 0. The van der Waals surface area contributed by atoms with E-state index in [4.69, 9.17) is 9.84 Å². The molecule has 1 N–H and O–H groups in total. The highest BCUT2D eigenvalue weighted by Gasteiger charge is 2.05. The van der Waals surface area contributed by atoms with Crippen LogP contribution in [0.1, 0.15) is 46.5 Å². The third-order valence-electron chi connectivity index (χ3n) is 1.82.